The van der Waals surface area contributed by atoms with Crippen molar-refractivity contribution in [3.8, 4) is 0 Å². The molecule has 1 heterocycles. The van der Waals surface area contributed by atoms with E-state index in [0.717, 1.165) is 12.4 Å². The lowest BCUT2D eigenvalue weighted by Crippen LogP contribution is -2.24. The highest BCUT2D eigenvalue weighted by Crippen LogP contribution is 1.94. The fourth-order valence-electron chi connectivity index (χ4n) is 1.11. The molecule has 0 aromatic carbocycles. The van der Waals surface area contributed by atoms with Crippen molar-refractivity contribution >= 4 is 11.9 Å². The first kappa shape index (κ1) is 9.03. The number of nitrogens with zero attached hydrogens (tertiary/aromatic N) is 1. The van der Waals surface area contributed by atoms with Crippen LogP contribution in [0.2, 0.25) is 0 Å². The summed E-state index contributed by atoms with van der Waals surface area (Å²) in [6, 6.07) is 0. The molecule has 12 heavy (non-hydrogen) atoms. The van der Waals surface area contributed by atoms with Gasteiger partial charge in [-0.2, -0.15) is 4.58 Å². The van der Waals surface area contributed by atoms with Gasteiger partial charge in [0, 0.05) is 0 Å². The van der Waals surface area contributed by atoms with E-state index in [1.54, 1.807) is 6.92 Å². The van der Waals surface area contributed by atoms with E-state index in [0.29, 0.717) is 19.8 Å². The third kappa shape index (κ3) is 2.22. The molecule has 0 spiro atoms. The molecule has 0 aliphatic carbocycles. The first-order chi connectivity index (χ1) is 5.74. The highest BCUT2D eigenvalue weighted by molar-refractivity contribution is 5.73. The molecule has 1 aliphatic rings. The number of rotatable bonds is 3. The fourth-order valence-corrected chi connectivity index (χ4v) is 1.11. The van der Waals surface area contributed by atoms with Crippen LogP contribution in [0.15, 0.2) is 0 Å². The Kier molecular flexibility index (Phi) is 3.08. The maximum absolute atomic E-state index is 11.0. The van der Waals surface area contributed by atoms with Gasteiger partial charge in [0.25, 0.3) is 0 Å². The second-order valence-electron chi connectivity index (χ2n) is 2.59. The number of hydrogen-bond donors (Lipinski definition) is 0. The van der Waals surface area contributed by atoms with E-state index in [1.807, 2.05) is 11.5 Å². The fraction of sp³-hybridized carbons (Fsp3) is 0.750. The minimum absolute atomic E-state index is 0.192. The van der Waals surface area contributed by atoms with Crippen molar-refractivity contribution in [1.29, 1.82) is 0 Å². The molecule has 0 radical (unpaired) electrons. The molecule has 0 unspecified atom stereocenters. The van der Waals surface area contributed by atoms with E-state index < -0.39 is 0 Å². The summed E-state index contributed by atoms with van der Waals surface area (Å²) >= 11 is 0. The first-order valence-electron chi connectivity index (χ1n) is 4.11. The van der Waals surface area contributed by atoms with Crippen LogP contribution in [0.3, 0.4) is 0 Å². The number of esters is 1. The van der Waals surface area contributed by atoms with Crippen LogP contribution in [0.5, 0.6) is 0 Å². The first-order valence-corrected chi connectivity index (χ1v) is 4.11. The van der Waals surface area contributed by atoms with Gasteiger partial charge in [-0.3, -0.25) is 0 Å². The third-order valence-corrected chi connectivity index (χ3v) is 1.74. The molecule has 0 saturated carbocycles. The number of ether oxygens (including phenoxy) is 2. The summed E-state index contributed by atoms with van der Waals surface area (Å²) in [7, 11) is 0. The Morgan fingerprint density at radius 2 is 2.50 bits per heavy atom. The highest BCUT2D eigenvalue weighted by atomic mass is 16.5. The summed E-state index contributed by atoms with van der Waals surface area (Å²) in [5, 5.41) is 0. The van der Waals surface area contributed by atoms with Crippen LogP contribution in [0.4, 0.5) is 0 Å². The van der Waals surface area contributed by atoms with Crippen molar-refractivity contribution < 1.29 is 18.8 Å². The van der Waals surface area contributed by atoms with Gasteiger partial charge in [-0.1, -0.05) is 0 Å². The van der Waals surface area contributed by atoms with Crippen LogP contribution in [0.1, 0.15) is 13.8 Å². The molecule has 4 nitrogen and oxygen atoms in total. The van der Waals surface area contributed by atoms with E-state index in [1.165, 1.54) is 0 Å². The van der Waals surface area contributed by atoms with Gasteiger partial charge in [-0.25, -0.2) is 4.79 Å². The number of carbonyl (C=O) groups excluding carboxylic acids is 1. The Bertz CT molecular complexity index is 210. The zero-order valence-electron chi connectivity index (χ0n) is 7.50. The average Bonchev–Trinajstić information content (AvgIpc) is 2.37. The van der Waals surface area contributed by atoms with Crippen LogP contribution in [-0.2, 0) is 14.3 Å². The van der Waals surface area contributed by atoms with Gasteiger partial charge in [0.1, 0.15) is 0 Å². The predicted molar refractivity (Wildman–Crippen MR) is 43.3 cm³/mol. The van der Waals surface area contributed by atoms with Crippen LogP contribution >= 0.6 is 0 Å². The number of hydrogen-bond acceptors (Lipinski definition) is 3. The van der Waals surface area contributed by atoms with Crippen molar-refractivity contribution in [1.82, 2.24) is 0 Å². The lowest BCUT2D eigenvalue weighted by atomic mass is 10.5. The van der Waals surface area contributed by atoms with Crippen LogP contribution in [-0.4, -0.2) is 42.7 Å². The topological polar surface area (TPSA) is 38.5 Å². The summed E-state index contributed by atoms with van der Waals surface area (Å²) in [4.78, 5) is 11.0. The molecule has 0 saturated heterocycles. The molecule has 4 heteroatoms. The summed E-state index contributed by atoms with van der Waals surface area (Å²) in [6.45, 7) is 5.85. The Balaban J connectivity index is 2.40. The van der Waals surface area contributed by atoms with Crippen molar-refractivity contribution in [2.75, 3.05) is 26.3 Å². The Morgan fingerprint density at radius 3 is 3.00 bits per heavy atom. The van der Waals surface area contributed by atoms with Gasteiger partial charge >= 0.3 is 11.9 Å². The Hall–Kier alpha value is -1.06. The van der Waals surface area contributed by atoms with Crippen molar-refractivity contribution in [2.24, 2.45) is 0 Å². The Labute approximate surface area is 71.8 Å². The normalized spacial score (nSPS) is 16.2. The van der Waals surface area contributed by atoms with E-state index in [2.05, 4.69) is 0 Å². The van der Waals surface area contributed by atoms with E-state index >= 15 is 0 Å². The zero-order chi connectivity index (χ0) is 8.97. The summed E-state index contributed by atoms with van der Waals surface area (Å²) in [6.07, 6.45) is 0. The quantitative estimate of drug-likeness (QED) is 0.444. The lowest BCUT2D eigenvalue weighted by Gasteiger charge is -1.98. The van der Waals surface area contributed by atoms with E-state index in [4.69, 9.17) is 9.47 Å². The molecule has 0 atom stereocenters. The molecule has 1 aliphatic heterocycles. The van der Waals surface area contributed by atoms with Gasteiger partial charge in [0.2, 0.25) is 6.54 Å². The lowest BCUT2D eigenvalue weighted by molar-refractivity contribution is -0.509. The third-order valence-electron chi connectivity index (χ3n) is 1.74. The summed E-state index contributed by atoms with van der Waals surface area (Å²) in [5.41, 5.74) is 0. The molecule has 0 aromatic rings. The van der Waals surface area contributed by atoms with Crippen LogP contribution in [0.25, 0.3) is 0 Å². The Morgan fingerprint density at radius 1 is 1.75 bits per heavy atom. The monoisotopic (exact) mass is 172 g/mol. The number of carbonyl (C=O) groups is 1. The molecule has 0 bridgehead atoms. The largest absolute Gasteiger partial charge is 0.461 e. The molecule has 0 fully saturated rings. The maximum Gasteiger partial charge on any atom is 0.372 e. The van der Waals surface area contributed by atoms with Gasteiger partial charge in [0.15, 0.2) is 13.2 Å². The standard InChI is InChI=1S/C8H14NO3/c1-3-11-8(10)6-9-4-5-12-7(9)2/h3-6H2,1-2H3/q+1. The molecular formula is C8H14NO3+. The second-order valence-corrected chi connectivity index (χ2v) is 2.59. The molecule has 0 amide bonds. The van der Waals surface area contributed by atoms with E-state index in [9.17, 15) is 4.79 Å². The summed E-state index contributed by atoms with van der Waals surface area (Å²) in [5.74, 6) is 0.616. The van der Waals surface area contributed by atoms with Crippen LogP contribution < -0.4 is 0 Å². The van der Waals surface area contributed by atoms with Gasteiger partial charge < -0.3 is 9.47 Å². The van der Waals surface area contributed by atoms with Gasteiger partial charge in [0.05, 0.1) is 13.5 Å². The maximum atomic E-state index is 11.0. The smallest absolute Gasteiger partial charge is 0.372 e. The minimum Gasteiger partial charge on any atom is -0.461 e. The molecule has 1 rings (SSSR count). The SMILES string of the molecule is CCOC(=O)C[N+]1=C(C)OCC1. The van der Waals surface area contributed by atoms with Gasteiger partial charge in [-0.15, -0.1) is 0 Å². The second kappa shape index (κ2) is 4.09. The van der Waals surface area contributed by atoms with Crippen molar-refractivity contribution in [3.63, 3.8) is 0 Å². The van der Waals surface area contributed by atoms with Crippen molar-refractivity contribution in [3.05, 3.63) is 0 Å². The predicted octanol–water partition coefficient (Wildman–Crippen LogP) is 0.0106. The highest BCUT2D eigenvalue weighted by Gasteiger charge is 2.22. The van der Waals surface area contributed by atoms with Gasteiger partial charge in [-0.05, 0) is 6.92 Å². The van der Waals surface area contributed by atoms with E-state index in [-0.39, 0.29) is 5.97 Å². The zero-order valence-corrected chi connectivity index (χ0v) is 7.50. The van der Waals surface area contributed by atoms with Crippen molar-refractivity contribution in [2.45, 2.75) is 13.8 Å². The van der Waals surface area contributed by atoms with Crippen LogP contribution in [0, 0.1) is 0 Å². The summed E-state index contributed by atoms with van der Waals surface area (Å²) < 4.78 is 11.9. The molecule has 0 aromatic heterocycles. The minimum atomic E-state index is -0.192. The molecule has 68 valence electrons. The molecular weight excluding hydrogens is 158 g/mol. The molecule has 0 N–H and O–H groups in total. The average molecular weight is 172 g/mol.